The third kappa shape index (κ3) is 2.54. The number of nitrogen functional groups attached to an aromatic ring is 1. The minimum atomic E-state index is -0.318. The van der Waals surface area contributed by atoms with Crippen LogP contribution in [-0.2, 0) is 10.2 Å². The molecule has 0 aliphatic heterocycles. The number of rotatable bonds is 3. The van der Waals surface area contributed by atoms with E-state index in [9.17, 15) is 4.79 Å². The van der Waals surface area contributed by atoms with Gasteiger partial charge in [-0.3, -0.25) is 0 Å². The van der Waals surface area contributed by atoms with Crippen molar-refractivity contribution in [2.75, 3.05) is 12.0 Å². The Morgan fingerprint density at radius 1 is 1.56 bits per heavy atom. The third-order valence-electron chi connectivity index (χ3n) is 2.21. The van der Waals surface area contributed by atoms with Crippen molar-refractivity contribution < 1.29 is 9.53 Å². The number of hydrazine groups is 1. The molecule has 4 nitrogen and oxygen atoms in total. The molecule has 0 fully saturated rings. The standard InChI is InChI=1S/C11H18N2O2S/c1-5-15-10(14)8-7(11(2,3)4)6-16-9(8)13-12/h6,13H,5,12H2,1-4H3. The van der Waals surface area contributed by atoms with E-state index in [1.165, 1.54) is 11.3 Å². The van der Waals surface area contributed by atoms with Crippen LogP contribution in [0.25, 0.3) is 0 Å². The number of nitrogens with two attached hydrogens (primary N) is 1. The molecule has 0 radical (unpaired) electrons. The van der Waals surface area contributed by atoms with Crippen LogP contribution in [0.5, 0.6) is 0 Å². The minimum Gasteiger partial charge on any atom is -0.462 e. The molecule has 0 atom stereocenters. The monoisotopic (exact) mass is 242 g/mol. The van der Waals surface area contributed by atoms with Crippen molar-refractivity contribution in [2.24, 2.45) is 5.84 Å². The summed E-state index contributed by atoms with van der Waals surface area (Å²) in [6.07, 6.45) is 0. The molecule has 1 aromatic heterocycles. The second-order valence-electron chi connectivity index (χ2n) is 4.47. The summed E-state index contributed by atoms with van der Waals surface area (Å²) < 4.78 is 5.04. The number of hydrogen-bond donors (Lipinski definition) is 2. The van der Waals surface area contributed by atoms with Crippen LogP contribution in [-0.4, -0.2) is 12.6 Å². The molecule has 0 aliphatic carbocycles. The van der Waals surface area contributed by atoms with Gasteiger partial charge in [-0.25, -0.2) is 10.6 Å². The fraction of sp³-hybridized carbons (Fsp3) is 0.545. The molecule has 0 bridgehead atoms. The molecule has 16 heavy (non-hydrogen) atoms. The SMILES string of the molecule is CCOC(=O)c1c(C(C)(C)C)csc1NN. The summed E-state index contributed by atoms with van der Waals surface area (Å²) in [6, 6.07) is 0. The van der Waals surface area contributed by atoms with Crippen molar-refractivity contribution in [2.45, 2.75) is 33.1 Å². The van der Waals surface area contributed by atoms with E-state index in [1.54, 1.807) is 6.92 Å². The first-order chi connectivity index (χ1) is 7.41. The fourth-order valence-electron chi connectivity index (χ4n) is 1.42. The zero-order valence-corrected chi connectivity index (χ0v) is 10.9. The highest BCUT2D eigenvalue weighted by Gasteiger charge is 2.27. The molecule has 1 heterocycles. The normalized spacial score (nSPS) is 11.3. The van der Waals surface area contributed by atoms with Crippen LogP contribution >= 0.6 is 11.3 Å². The van der Waals surface area contributed by atoms with E-state index in [-0.39, 0.29) is 11.4 Å². The zero-order valence-electron chi connectivity index (χ0n) is 10.1. The van der Waals surface area contributed by atoms with Crippen molar-refractivity contribution in [3.05, 3.63) is 16.5 Å². The molecule has 0 amide bonds. The van der Waals surface area contributed by atoms with Crippen LogP contribution in [0.4, 0.5) is 5.00 Å². The van der Waals surface area contributed by atoms with Crippen LogP contribution in [0.3, 0.4) is 0 Å². The van der Waals surface area contributed by atoms with Crippen LogP contribution < -0.4 is 11.3 Å². The number of carbonyl (C=O) groups is 1. The minimum absolute atomic E-state index is 0.103. The van der Waals surface area contributed by atoms with Crippen LogP contribution in [0, 0.1) is 0 Å². The quantitative estimate of drug-likeness (QED) is 0.485. The Kier molecular flexibility index (Phi) is 3.93. The van der Waals surface area contributed by atoms with Crippen LogP contribution in [0.2, 0.25) is 0 Å². The molecule has 1 rings (SSSR count). The van der Waals surface area contributed by atoms with E-state index in [1.807, 2.05) is 5.38 Å². The largest absolute Gasteiger partial charge is 0.462 e. The van der Waals surface area contributed by atoms with Crippen LogP contribution in [0.15, 0.2) is 5.38 Å². The molecular weight excluding hydrogens is 224 g/mol. The summed E-state index contributed by atoms with van der Waals surface area (Å²) in [5.41, 5.74) is 3.96. The van der Waals surface area contributed by atoms with Gasteiger partial charge in [-0.05, 0) is 23.3 Å². The summed E-state index contributed by atoms with van der Waals surface area (Å²) in [7, 11) is 0. The highest BCUT2D eigenvalue weighted by atomic mass is 32.1. The molecular formula is C11H18N2O2S. The second kappa shape index (κ2) is 4.84. The summed E-state index contributed by atoms with van der Waals surface area (Å²) in [4.78, 5) is 11.8. The maximum absolute atomic E-state index is 11.8. The summed E-state index contributed by atoms with van der Waals surface area (Å²) in [5.74, 6) is 5.08. The van der Waals surface area contributed by atoms with E-state index >= 15 is 0 Å². The Balaban J connectivity index is 3.21. The lowest BCUT2D eigenvalue weighted by Crippen LogP contribution is -2.18. The second-order valence-corrected chi connectivity index (χ2v) is 5.35. The van der Waals surface area contributed by atoms with Gasteiger partial charge in [0.15, 0.2) is 0 Å². The lowest BCUT2D eigenvalue weighted by molar-refractivity contribution is 0.0525. The molecule has 3 N–H and O–H groups in total. The first kappa shape index (κ1) is 13.0. The first-order valence-electron chi connectivity index (χ1n) is 5.17. The Bertz CT molecular complexity index is 380. The van der Waals surface area contributed by atoms with E-state index in [4.69, 9.17) is 10.6 Å². The fourth-order valence-corrected chi connectivity index (χ4v) is 2.51. The van der Waals surface area contributed by atoms with Gasteiger partial charge in [0, 0.05) is 0 Å². The number of carbonyl (C=O) groups excluding carboxylic acids is 1. The van der Waals surface area contributed by atoms with Gasteiger partial charge >= 0.3 is 5.97 Å². The average Bonchev–Trinajstić information content (AvgIpc) is 2.60. The molecule has 0 aromatic carbocycles. The highest BCUT2D eigenvalue weighted by Crippen LogP contribution is 2.36. The number of thiophene rings is 1. The Morgan fingerprint density at radius 3 is 2.62 bits per heavy atom. The number of esters is 1. The van der Waals surface area contributed by atoms with Crippen LogP contribution in [0.1, 0.15) is 43.6 Å². The Labute approximate surface area is 99.8 Å². The highest BCUT2D eigenvalue weighted by molar-refractivity contribution is 7.14. The first-order valence-corrected chi connectivity index (χ1v) is 6.05. The summed E-state index contributed by atoms with van der Waals surface area (Å²) in [6.45, 7) is 8.31. The molecule has 5 heteroatoms. The zero-order chi connectivity index (χ0) is 12.3. The molecule has 0 spiro atoms. The number of nitrogens with one attached hydrogen (secondary N) is 1. The number of ether oxygens (including phenoxy) is 1. The van der Waals surface area contributed by atoms with Gasteiger partial charge in [0.2, 0.25) is 0 Å². The molecule has 0 unspecified atom stereocenters. The van der Waals surface area contributed by atoms with Gasteiger partial charge in [0.1, 0.15) is 5.00 Å². The van der Waals surface area contributed by atoms with Gasteiger partial charge in [0.05, 0.1) is 12.2 Å². The van der Waals surface area contributed by atoms with E-state index in [0.717, 1.165) is 5.56 Å². The lowest BCUT2D eigenvalue weighted by Gasteiger charge is -2.19. The van der Waals surface area contributed by atoms with Gasteiger partial charge in [-0.2, -0.15) is 0 Å². The van der Waals surface area contributed by atoms with Crippen molar-refractivity contribution in [1.82, 2.24) is 0 Å². The predicted molar refractivity (Wildman–Crippen MR) is 66.8 cm³/mol. The van der Waals surface area contributed by atoms with Gasteiger partial charge in [-0.1, -0.05) is 20.8 Å². The average molecular weight is 242 g/mol. The Hall–Kier alpha value is -1.07. The van der Waals surface area contributed by atoms with Crippen molar-refractivity contribution in [1.29, 1.82) is 0 Å². The smallest absolute Gasteiger partial charge is 0.341 e. The van der Waals surface area contributed by atoms with Gasteiger partial charge < -0.3 is 10.2 Å². The van der Waals surface area contributed by atoms with Crippen molar-refractivity contribution in [3.8, 4) is 0 Å². The lowest BCUT2D eigenvalue weighted by atomic mass is 9.86. The molecule has 0 saturated carbocycles. The summed E-state index contributed by atoms with van der Waals surface area (Å²) >= 11 is 1.42. The van der Waals surface area contributed by atoms with E-state index < -0.39 is 0 Å². The molecule has 0 saturated heterocycles. The molecule has 1 aromatic rings. The van der Waals surface area contributed by atoms with Crippen molar-refractivity contribution >= 4 is 22.3 Å². The molecule has 90 valence electrons. The van der Waals surface area contributed by atoms with E-state index in [0.29, 0.717) is 17.2 Å². The molecule has 0 aliphatic rings. The topological polar surface area (TPSA) is 64.3 Å². The van der Waals surface area contributed by atoms with Gasteiger partial charge in [-0.15, -0.1) is 11.3 Å². The van der Waals surface area contributed by atoms with Crippen molar-refractivity contribution in [3.63, 3.8) is 0 Å². The maximum atomic E-state index is 11.8. The number of hydrogen-bond acceptors (Lipinski definition) is 5. The Morgan fingerprint density at radius 2 is 2.19 bits per heavy atom. The number of anilines is 1. The summed E-state index contributed by atoms with van der Waals surface area (Å²) in [5, 5.41) is 2.60. The maximum Gasteiger partial charge on any atom is 0.341 e. The predicted octanol–water partition coefficient (Wildman–Crippen LogP) is 2.51. The van der Waals surface area contributed by atoms with E-state index in [2.05, 4.69) is 26.2 Å². The van der Waals surface area contributed by atoms with Gasteiger partial charge in [0.25, 0.3) is 0 Å². The third-order valence-corrected chi connectivity index (χ3v) is 3.12.